The highest BCUT2D eigenvalue weighted by Gasteiger charge is 2.29. The fraction of sp³-hybridized carbons (Fsp3) is 0.304. The molecular weight excluding hydrogens is 469 g/mol. The predicted octanol–water partition coefficient (Wildman–Crippen LogP) is 4.54. The Labute approximate surface area is 201 Å². The summed E-state index contributed by atoms with van der Waals surface area (Å²) in [5.41, 5.74) is 8.08. The van der Waals surface area contributed by atoms with Gasteiger partial charge in [-0.25, -0.2) is 9.69 Å². The molecule has 32 heavy (non-hydrogen) atoms. The van der Waals surface area contributed by atoms with Crippen LogP contribution in [0.2, 0.25) is 15.1 Å². The van der Waals surface area contributed by atoms with E-state index in [4.69, 9.17) is 39.9 Å². The molecule has 1 saturated heterocycles. The van der Waals surface area contributed by atoms with Crippen LogP contribution in [0.3, 0.4) is 0 Å². The second-order valence-corrected chi connectivity index (χ2v) is 9.30. The van der Waals surface area contributed by atoms with E-state index in [0.717, 1.165) is 67.8 Å². The van der Waals surface area contributed by atoms with Crippen molar-refractivity contribution >= 4 is 40.7 Å². The number of aromatic nitrogens is 2. The molecule has 9 heteroatoms. The van der Waals surface area contributed by atoms with Crippen LogP contribution in [0, 0.1) is 0 Å². The van der Waals surface area contributed by atoms with Gasteiger partial charge >= 0.3 is 0 Å². The van der Waals surface area contributed by atoms with Crippen LogP contribution in [0.5, 0.6) is 0 Å². The number of nitrogens with zero attached hydrogens (tertiary/aromatic N) is 3. The molecule has 1 aromatic heterocycles. The Morgan fingerprint density at radius 3 is 2.53 bits per heavy atom. The van der Waals surface area contributed by atoms with E-state index in [0.29, 0.717) is 26.4 Å². The van der Waals surface area contributed by atoms with Crippen molar-refractivity contribution in [2.24, 2.45) is 0 Å². The van der Waals surface area contributed by atoms with Gasteiger partial charge in [0.15, 0.2) is 5.69 Å². The average Bonchev–Trinajstić information content (AvgIpc) is 3.03. The zero-order valence-corrected chi connectivity index (χ0v) is 19.6. The third kappa shape index (κ3) is 4.14. The quantitative estimate of drug-likeness (QED) is 0.566. The van der Waals surface area contributed by atoms with E-state index in [1.165, 1.54) is 0 Å². The summed E-state index contributed by atoms with van der Waals surface area (Å²) in [4.78, 5) is 13.3. The topological polar surface area (TPSA) is 62.2 Å². The molecule has 0 saturated carbocycles. The number of nitrogens with one attached hydrogen (secondary N) is 2. The Hall–Kier alpha value is -2.09. The zero-order valence-electron chi connectivity index (χ0n) is 17.3. The van der Waals surface area contributed by atoms with Gasteiger partial charge in [-0.15, -0.1) is 0 Å². The van der Waals surface area contributed by atoms with Crippen LogP contribution in [0.1, 0.15) is 28.0 Å². The van der Waals surface area contributed by atoms with E-state index in [-0.39, 0.29) is 5.91 Å². The maximum absolute atomic E-state index is 13.3. The van der Waals surface area contributed by atoms with Crippen LogP contribution in [0.25, 0.3) is 16.9 Å². The monoisotopic (exact) mass is 489 g/mol. The molecule has 2 N–H and O–H groups in total. The van der Waals surface area contributed by atoms with Gasteiger partial charge in [0.1, 0.15) is 0 Å². The number of amides is 1. The van der Waals surface area contributed by atoms with E-state index >= 15 is 0 Å². The molecule has 0 bridgehead atoms. The molecule has 1 aliphatic heterocycles. The second-order valence-electron chi connectivity index (χ2n) is 8.02. The molecule has 1 aliphatic carbocycles. The Morgan fingerprint density at radius 2 is 1.75 bits per heavy atom. The average molecular weight is 491 g/mol. The number of benzene rings is 2. The number of piperazine rings is 1. The number of hydrogen-bond donors (Lipinski definition) is 2. The highest BCUT2D eigenvalue weighted by atomic mass is 35.5. The van der Waals surface area contributed by atoms with Gasteiger partial charge in [0, 0.05) is 47.4 Å². The number of aryl methyl sites for hydroxylation is 1. The van der Waals surface area contributed by atoms with Crippen molar-refractivity contribution in [2.45, 2.75) is 19.3 Å². The lowest BCUT2D eigenvalue weighted by molar-refractivity contribution is 0.0758. The van der Waals surface area contributed by atoms with Crippen LogP contribution in [-0.2, 0) is 12.8 Å². The smallest absolute Gasteiger partial charge is 0.286 e. The molecule has 6 nitrogen and oxygen atoms in total. The number of fused-ring (bicyclic) bond motifs is 3. The normalized spacial score (nSPS) is 16.2. The number of carbonyl (C=O) groups excluding carboxylic acids is 1. The minimum Gasteiger partial charge on any atom is -0.314 e. The number of hydrogen-bond acceptors (Lipinski definition) is 4. The molecule has 3 aromatic rings. The van der Waals surface area contributed by atoms with Gasteiger partial charge in [-0.2, -0.15) is 5.10 Å². The molecule has 0 radical (unpaired) electrons. The lowest BCUT2D eigenvalue weighted by Crippen LogP contribution is -2.52. The summed E-state index contributed by atoms with van der Waals surface area (Å²) in [5.74, 6) is -0.204. The van der Waals surface area contributed by atoms with Crippen molar-refractivity contribution in [3.63, 3.8) is 0 Å². The van der Waals surface area contributed by atoms with Crippen molar-refractivity contribution < 1.29 is 4.79 Å². The molecule has 2 heterocycles. The van der Waals surface area contributed by atoms with Gasteiger partial charge in [-0.3, -0.25) is 10.2 Å². The van der Waals surface area contributed by atoms with E-state index in [1.54, 1.807) is 16.8 Å². The molecule has 0 unspecified atom stereocenters. The molecule has 0 atom stereocenters. The fourth-order valence-corrected chi connectivity index (χ4v) is 5.09. The van der Waals surface area contributed by atoms with Crippen molar-refractivity contribution in [3.05, 3.63) is 68.3 Å². The molecule has 166 valence electrons. The first kappa shape index (κ1) is 21.7. The third-order valence-corrected chi connectivity index (χ3v) is 6.68. The van der Waals surface area contributed by atoms with E-state index < -0.39 is 0 Å². The Bertz CT molecular complexity index is 1190. The van der Waals surface area contributed by atoms with Gasteiger partial charge < -0.3 is 5.32 Å². The predicted molar refractivity (Wildman–Crippen MR) is 128 cm³/mol. The molecular formula is C23H22Cl3N5O. The van der Waals surface area contributed by atoms with Crippen LogP contribution < -0.4 is 10.7 Å². The van der Waals surface area contributed by atoms with Gasteiger partial charge in [-0.1, -0.05) is 40.9 Å². The number of hydrazine groups is 1. The van der Waals surface area contributed by atoms with Crippen molar-refractivity contribution in [2.75, 3.05) is 26.2 Å². The van der Waals surface area contributed by atoms with Gasteiger partial charge in [0.05, 0.1) is 16.4 Å². The summed E-state index contributed by atoms with van der Waals surface area (Å²) in [6.45, 7) is 3.17. The Morgan fingerprint density at radius 1 is 1.00 bits per heavy atom. The summed E-state index contributed by atoms with van der Waals surface area (Å²) in [6, 6.07) is 11.2. The van der Waals surface area contributed by atoms with E-state index in [9.17, 15) is 4.79 Å². The number of carbonyl (C=O) groups is 1. The highest BCUT2D eigenvalue weighted by Crippen LogP contribution is 2.38. The van der Waals surface area contributed by atoms with Crippen LogP contribution in [-0.4, -0.2) is 46.9 Å². The van der Waals surface area contributed by atoms with E-state index in [1.807, 2.05) is 29.3 Å². The van der Waals surface area contributed by atoms with Gasteiger partial charge in [-0.05, 0) is 55.2 Å². The third-order valence-electron chi connectivity index (χ3n) is 5.91. The molecule has 1 amide bonds. The van der Waals surface area contributed by atoms with Gasteiger partial charge in [0.2, 0.25) is 0 Å². The first-order valence-electron chi connectivity index (χ1n) is 10.6. The molecule has 0 spiro atoms. The first-order valence-corrected chi connectivity index (χ1v) is 11.8. The number of halogens is 3. The molecule has 2 aromatic carbocycles. The standard InChI is InChI=1S/C23H22Cl3N5O/c24-15-4-6-17-14(12-15)2-1-3-18-21(23(32)29-30-10-8-27-9-11-30)28-31(22(17)18)20-7-5-16(25)13-19(20)26/h4-7,12-13,27H,1-3,8-11H2,(H,29,32). The number of rotatable bonds is 3. The van der Waals surface area contributed by atoms with Crippen molar-refractivity contribution in [1.82, 2.24) is 25.5 Å². The van der Waals surface area contributed by atoms with E-state index in [2.05, 4.69) is 10.7 Å². The summed E-state index contributed by atoms with van der Waals surface area (Å²) in [6.07, 6.45) is 2.50. The summed E-state index contributed by atoms with van der Waals surface area (Å²) in [5, 5.41) is 11.7. The van der Waals surface area contributed by atoms with Crippen molar-refractivity contribution in [1.29, 1.82) is 0 Å². The van der Waals surface area contributed by atoms with Crippen LogP contribution in [0.15, 0.2) is 36.4 Å². The van der Waals surface area contributed by atoms with Gasteiger partial charge in [0.25, 0.3) is 5.91 Å². The minimum atomic E-state index is -0.204. The lowest BCUT2D eigenvalue weighted by Gasteiger charge is -2.27. The Kier molecular flexibility index (Phi) is 6.14. The largest absolute Gasteiger partial charge is 0.314 e. The fourth-order valence-electron chi connectivity index (χ4n) is 4.40. The highest BCUT2D eigenvalue weighted by molar-refractivity contribution is 6.35. The summed E-state index contributed by atoms with van der Waals surface area (Å²) < 4.78 is 1.78. The summed E-state index contributed by atoms with van der Waals surface area (Å²) >= 11 is 19.0. The second kappa shape index (κ2) is 9.04. The SMILES string of the molecule is O=C(NN1CCNCC1)c1nn(-c2ccc(Cl)cc2Cl)c2c1CCCc1cc(Cl)ccc1-2. The zero-order chi connectivity index (χ0) is 22.2. The Balaban J connectivity index is 1.66. The van der Waals surface area contributed by atoms with Crippen LogP contribution in [0.4, 0.5) is 0 Å². The molecule has 5 rings (SSSR count). The molecule has 2 aliphatic rings. The first-order chi connectivity index (χ1) is 15.5. The minimum absolute atomic E-state index is 0.204. The van der Waals surface area contributed by atoms with Crippen LogP contribution >= 0.6 is 34.8 Å². The van der Waals surface area contributed by atoms with Crippen molar-refractivity contribution in [3.8, 4) is 16.9 Å². The summed E-state index contributed by atoms with van der Waals surface area (Å²) in [7, 11) is 0. The maximum atomic E-state index is 13.3. The molecule has 1 fully saturated rings. The lowest BCUT2D eigenvalue weighted by atomic mass is 10.0. The maximum Gasteiger partial charge on any atom is 0.286 e.